The highest BCUT2D eigenvalue weighted by atomic mass is 16.3. The van der Waals surface area contributed by atoms with Crippen LogP contribution in [0.4, 0.5) is 0 Å². The number of piperidine rings is 1. The quantitative estimate of drug-likeness (QED) is 0.0798. The number of carbonyl (C=O) groups excluding carboxylic acids is 1. The third-order valence-corrected chi connectivity index (χ3v) is 9.21. The van der Waals surface area contributed by atoms with Crippen molar-refractivity contribution in [3.05, 3.63) is 71.5 Å². The number of nitrogens with two attached hydrogens (primary N) is 3. The van der Waals surface area contributed by atoms with Crippen LogP contribution in [0.15, 0.2) is 75.9 Å². The van der Waals surface area contributed by atoms with E-state index >= 15 is 0 Å². The number of phenolic OH excluding ortho intramolecular Hbond substituents is 1. The van der Waals surface area contributed by atoms with E-state index in [2.05, 4.69) is 28.5 Å². The molecule has 48 heavy (non-hydrogen) atoms. The molecule has 1 aromatic rings. The number of aldehydes is 1. The number of quaternary nitrogens is 1. The van der Waals surface area contributed by atoms with Gasteiger partial charge in [-0.1, -0.05) is 53.2 Å². The molecule has 1 saturated carbocycles. The first-order chi connectivity index (χ1) is 23.2. The van der Waals surface area contributed by atoms with Gasteiger partial charge >= 0.3 is 0 Å². The lowest BCUT2D eigenvalue weighted by atomic mass is 9.56. The Morgan fingerprint density at radius 1 is 1.08 bits per heavy atom. The summed E-state index contributed by atoms with van der Waals surface area (Å²) in [7, 11) is 1.00. The number of unbranched alkanes of at least 4 members (excludes halogenated alkanes) is 1. The molecule has 2 spiro atoms. The number of aliphatic hydroxyl groups excluding tert-OH is 1. The third-order valence-electron chi connectivity index (χ3n) is 9.21. The van der Waals surface area contributed by atoms with Gasteiger partial charge in [0.25, 0.3) is 0 Å². The van der Waals surface area contributed by atoms with Gasteiger partial charge in [-0.25, -0.2) is 0 Å². The van der Waals surface area contributed by atoms with Crippen LogP contribution in [0.5, 0.6) is 5.75 Å². The number of aromatic hydroxyl groups is 1. The van der Waals surface area contributed by atoms with Gasteiger partial charge in [-0.15, -0.1) is 0 Å². The van der Waals surface area contributed by atoms with Crippen LogP contribution in [0, 0.1) is 17.3 Å². The summed E-state index contributed by atoms with van der Waals surface area (Å²) >= 11 is 0. The fourth-order valence-electron chi connectivity index (χ4n) is 7.22. The number of para-hydroxylation sites is 1. The van der Waals surface area contributed by atoms with Gasteiger partial charge in [-0.05, 0) is 61.8 Å². The van der Waals surface area contributed by atoms with E-state index in [0.717, 1.165) is 64.0 Å². The van der Waals surface area contributed by atoms with Crippen molar-refractivity contribution in [3.8, 4) is 5.75 Å². The third kappa shape index (κ3) is 11.7. The van der Waals surface area contributed by atoms with E-state index in [1.165, 1.54) is 30.7 Å². The van der Waals surface area contributed by atoms with Crippen LogP contribution in [-0.2, 0) is 4.79 Å². The van der Waals surface area contributed by atoms with Gasteiger partial charge in [0.15, 0.2) is 0 Å². The highest BCUT2D eigenvalue weighted by Crippen LogP contribution is 2.55. The molecule has 3 aliphatic rings. The number of carbonyl (C=O) groups is 1. The summed E-state index contributed by atoms with van der Waals surface area (Å²) in [6.07, 6.45) is 16.8. The van der Waals surface area contributed by atoms with Crippen LogP contribution < -0.4 is 17.2 Å². The molecule has 1 aliphatic carbocycles. The first-order valence-electron chi connectivity index (χ1n) is 17.6. The number of hydrogen-bond acceptors (Lipinski definition) is 9. The second-order valence-corrected chi connectivity index (χ2v) is 12.4. The highest BCUT2D eigenvalue weighted by molar-refractivity contribution is 5.79. The lowest BCUT2D eigenvalue weighted by molar-refractivity contribution is -0.991. The predicted molar refractivity (Wildman–Crippen MR) is 202 cm³/mol. The average molecular weight is 667 g/mol. The van der Waals surface area contributed by atoms with Crippen LogP contribution >= 0.6 is 0 Å². The molecule has 1 aromatic carbocycles. The van der Waals surface area contributed by atoms with Crippen molar-refractivity contribution in [2.24, 2.45) is 44.4 Å². The molecule has 8 N–H and O–H groups in total. The second-order valence-electron chi connectivity index (χ2n) is 12.4. The Kier molecular flexibility index (Phi) is 19.2. The van der Waals surface area contributed by atoms with E-state index in [-0.39, 0.29) is 11.6 Å². The minimum atomic E-state index is 0.100. The fraction of sp³-hybridized carbons (Fsp3) is 0.553. The summed E-state index contributed by atoms with van der Waals surface area (Å²) in [5.41, 5.74) is 21.6. The van der Waals surface area contributed by atoms with Crippen molar-refractivity contribution < 1.29 is 19.5 Å². The number of aliphatic imine (C=N–C) groups is 2. The van der Waals surface area contributed by atoms with E-state index < -0.39 is 0 Å². The Labute approximate surface area is 290 Å². The Morgan fingerprint density at radius 2 is 1.71 bits per heavy atom. The maximum atomic E-state index is 11.0. The first kappa shape index (κ1) is 42.1. The molecule has 3 fully saturated rings. The lowest BCUT2D eigenvalue weighted by Gasteiger charge is -2.64. The number of aliphatic hydroxyl groups is 1. The molecule has 0 atom stereocenters. The highest BCUT2D eigenvalue weighted by Gasteiger charge is 2.62. The Morgan fingerprint density at radius 3 is 2.25 bits per heavy atom. The molecular formula is C38H64N7O3+. The van der Waals surface area contributed by atoms with E-state index in [1.54, 1.807) is 30.5 Å². The molecule has 10 heteroatoms. The van der Waals surface area contributed by atoms with Crippen LogP contribution in [0.3, 0.4) is 0 Å². The number of rotatable bonds is 13. The van der Waals surface area contributed by atoms with Crippen LogP contribution in [0.1, 0.15) is 78.7 Å². The SMILES string of the molecule is C=N/C=C(\C=NC=CCN(CCCC)C(/C=C(\N)c1ccccc1O)=C(N)N)C1CC[N+]2(CC1)CC1(CC(C=O)C1)C2.CC.CC.CO. The maximum absolute atomic E-state index is 11.0. The van der Waals surface area contributed by atoms with E-state index in [0.29, 0.717) is 40.8 Å². The molecule has 2 aliphatic heterocycles. The molecule has 0 aromatic heterocycles. The molecule has 0 amide bonds. The summed E-state index contributed by atoms with van der Waals surface area (Å²) in [4.78, 5) is 21.8. The zero-order chi connectivity index (χ0) is 36.2. The van der Waals surface area contributed by atoms with Gasteiger partial charge in [-0.2, -0.15) is 0 Å². The molecule has 0 unspecified atom stereocenters. The van der Waals surface area contributed by atoms with Crippen molar-refractivity contribution in [1.82, 2.24) is 4.90 Å². The number of nitrogens with zero attached hydrogens (tertiary/aromatic N) is 4. The number of hydrogen-bond donors (Lipinski definition) is 5. The predicted octanol–water partition coefficient (Wildman–Crippen LogP) is 5.55. The molecule has 0 radical (unpaired) electrons. The first-order valence-corrected chi connectivity index (χ1v) is 17.6. The maximum Gasteiger partial charge on any atom is 0.124 e. The second kappa shape index (κ2) is 21.9. The molecule has 10 nitrogen and oxygen atoms in total. The van der Waals surface area contributed by atoms with Gasteiger partial charge in [-0.3, -0.25) is 9.98 Å². The zero-order valence-electron chi connectivity index (χ0n) is 30.4. The van der Waals surface area contributed by atoms with Crippen LogP contribution in [0.2, 0.25) is 0 Å². The van der Waals surface area contributed by atoms with E-state index in [1.807, 2.05) is 52.3 Å². The lowest BCUT2D eigenvalue weighted by Crippen LogP contribution is -2.74. The van der Waals surface area contributed by atoms with Gasteiger partial charge in [0.1, 0.15) is 17.9 Å². The minimum Gasteiger partial charge on any atom is -0.507 e. The average Bonchev–Trinajstić information content (AvgIpc) is 3.08. The van der Waals surface area contributed by atoms with Crippen molar-refractivity contribution in [2.75, 3.05) is 46.4 Å². The molecule has 0 bridgehead atoms. The number of phenols is 1. The van der Waals surface area contributed by atoms with E-state index in [9.17, 15) is 9.90 Å². The van der Waals surface area contributed by atoms with Gasteiger partial charge in [0.2, 0.25) is 0 Å². The normalized spacial score (nSPS) is 24.6. The Hall–Kier alpha value is -3.89. The summed E-state index contributed by atoms with van der Waals surface area (Å²) in [5.74, 6) is 0.985. The largest absolute Gasteiger partial charge is 0.507 e. The summed E-state index contributed by atoms with van der Waals surface area (Å²) in [5, 5.41) is 17.2. The Bertz CT molecular complexity index is 1260. The topological polar surface area (TPSA) is 164 Å². The van der Waals surface area contributed by atoms with Crippen molar-refractivity contribution in [2.45, 2.75) is 73.1 Å². The minimum absolute atomic E-state index is 0.100. The zero-order valence-corrected chi connectivity index (χ0v) is 30.4. The van der Waals surface area contributed by atoms with Crippen molar-refractivity contribution in [1.29, 1.82) is 0 Å². The summed E-state index contributed by atoms with van der Waals surface area (Å²) < 4.78 is 1.21. The molecule has 4 rings (SSSR count). The molecule has 268 valence electrons. The molecular weight excluding hydrogens is 602 g/mol. The van der Waals surface area contributed by atoms with Crippen LogP contribution in [0.25, 0.3) is 5.70 Å². The van der Waals surface area contributed by atoms with Gasteiger partial charge in [0.05, 0.1) is 37.3 Å². The van der Waals surface area contributed by atoms with Gasteiger partial charge < -0.3 is 41.6 Å². The molecule has 2 saturated heterocycles. The van der Waals surface area contributed by atoms with Crippen molar-refractivity contribution >= 4 is 24.9 Å². The number of benzene rings is 1. The summed E-state index contributed by atoms with van der Waals surface area (Å²) in [6.45, 7) is 19.9. The van der Waals surface area contributed by atoms with Gasteiger partial charge in [0, 0.05) is 68.8 Å². The monoisotopic (exact) mass is 667 g/mol. The fourth-order valence-corrected chi connectivity index (χ4v) is 7.22. The number of allylic oxidation sites excluding steroid dienone is 2. The molecule has 2 heterocycles. The van der Waals surface area contributed by atoms with E-state index in [4.69, 9.17) is 22.3 Å². The van der Waals surface area contributed by atoms with Crippen molar-refractivity contribution in [3.63, 3.8) is 0 Å². The Balaban J connectivity index is 0.00000182. The standard InChI is InChI=1S/C33H47N7O2.2C2H6.CH4O/c1-3-4-13-39(30(32(35)36)17-29(34)28-8-5-6-9-31(28)42)14-7-12-38-21-27(20-37-2)26-10-15-40(16-11-26)23-33(24-40)18-25(19-33)22-41;3*1-2/h5-9,12,17,20-22,25-26H,2-4,10-11,13-16,18-19,23-24,34-36H2,1H3;2*1-2H3;2H,1H3/p+1/b12-7?,27-20+,29-17-,38-21?;;;. The summed E-state index contributed by atoms with van der Waals surface area (Å²) in [6, 6.07) is 6.92. The van der Waals surface area contributed by atoms with Crippen LogP contribution in [-0.4, -0.2) is 85.2 Å². The smallest absolute Gasteiger partial charge is 0.124 e.